The molecule has 5 heteroatoms. The number of hydrogen-bond acceptors (Lipinski definition) is 4. The molecular weight excluding hydrogens is 601 g/mol. The maximum Gasteiger partial charge on any atom is 0.151 e. The number of rotatable bonds is 4. The van der Waals surface area contributed by atoms with Gasteiger partial charge >= 0.3 is 0 Å². The Hall–Kier alpha value is -5.68. The predicted octanol–water partition coefficient (Wildman–Crippen LogP) is 10.7. The van der Waals surface area contributed by atoms with E-state index in [1.807, 2.05) is 36.0 Å². The van der Waals surface area contributed by atoms with E-state index in [1.165, 1.54) is 27.8 Å². The molecule has 0 bridgehead atoms. The highest BCUT2D eigenvalue weighted by Crippen LogP contribution is 2.59. The summed E-state index contributed by atoms with van der Waals surface area (Å²) in [6.45, 7) is 8.87. The normalized spacial score (nSPS) is 18.7. The lowest BCUT2D eigenvalue weighted by molar-refractivity contribution is 0.476. The van der Waals surface area contributed by atoms with Crippen LogP contribution in [0.3, 0.4) is 0 Å². The van der Waals surface area contributed by atoms with Crippen LogP contribution in [-0.2, 0) is 10.8 Å². The number of anilines is 3. The van der Waals surface area contributed by atoms with Crippen LogP contribution in [-0.4, -0.2) is 14.8 Å². The lowest BCUT2D eigenvalue weighted by Crippen LogP contribution is -2.44. The summed E-state index contributed by atoms with van der Waals surface area (Å²) in [6, 6.07) is 41.2. The highest BCUT2D eigenvalue weighted by molar-refractivity contribution is 5.87. The first kappa shape index (κ1) is 29.5. The van der Waals surface area contributed by atoms with E-state index in [4.69, 9.17) is 14.8 Å². The minimum absolute atomic E-state index is 0.139. The SMILES string of the molecule is Cc1cc(C)n(-c2ccc3c(c2)N(c2cccc(C4(c5ccccn5)C5=CCCC=C5C(C)(C)c5ccccc54)c2)c2ccccc2O3)n1. The Balaban J connectivity index is 1.32. The molecule has 240 valence electrons. The third-order valence-corrected chi connectivity index (χ3v) is 10.6. The fourth-order valence-electron chi connectivity index (χ4n) is 8.51. The van der Waals surface area contributed by atoms with E-state index >= 15 is 0 Å². The van der Waals surface area contributed by atoms with Gasteiger partial charge in [-0.3, -0.25) is 4.98 Å². The summed E-state index contributed by atoms with van der Waals surface area (Å²) >= 11 is 0. The van der Waals surface area contributed by atoms with E-state index in [1.54, 1.807) is 0 Å². The van der Waals surface area contributed by atoms with Crippen LogP contribution in [0.4, 0.5) is 17.1 Å². The first-order valence-corrected chi connectivity index (χ1v) is 17.2. The fourth-order valence-corrected chi connectivity index (χ4v) is 8.51. The van der Waals surface area contributed by atoms with Gasteiger partial charge in [-0.25, -0.2) is 4.68 Å². The molecule has 0 fully saturated rings. The molecule has 0 amide bonds. The van der Waals surface area contributed by atoms with Gasteiger partial charge in [-0.15, -0.1) is 0 Å². The second-order valence-electron chi connectivity index (χ2n) is 13.9. The summed E-state index contributed by atoms with van der Waals surface area (Å²) in [5, 5.41) is 4.80. The van der Waals surface area contributed by atoms with Gasteiger partial charge in [0.25, 0.3) is 0 Å². The molecule has 1 aliphatic heterocycles. The van der Waals surface area contributed by atoms with Gasteiger partial charge in [-0.2, -0.15) is 5.10 Å². The van der Waals surface area contributed by atoms with E-state index in [-0.39, 0.29) is 5.41 Å². The minimum atomic E-state index is -0.601. The number of hydrogen-bond donors (Lipinski definition) is 0. The van der Waals surface area contributed by atoms with Gasteiger partial charge in [0.1, 0.15) is 0 Å². The molecule has 0 spiro atoms. The van der Waals surface area contributed by atoms with Crippen molar-refractivity contribution in [2.75, 3.05) is 4.90 Å². The number of ether oxygens (including phenoxy) is 1. The Morgan fingerprint density at radius 1 is 0.653 bits per heavy atom. The van der Waals surface area contributed by atoms with Gasteiger partial charge in [0, 0.05) is 23.0 Å². The van der Waals surface area contributed by atoms with Gasteiger partial charge in [0.2, 0.25) is 0 Å². The van der Waals surface area contributed by atoms with Gasteiger partial charge in [0.15, 0.2) is 11.5 Å². The first-order chi connectivity index (χ1) is 23.9. The maximum absolute atomic E-state index is 6.53. The molecule has 1 unspecified atom stereocenters. The molecule has 49 heavy (non-hydrogen) atoms. The number of pyridine rings is 1. The summed E-state index contributed by atoms with van der Waals surface area (Å²) in [5.74, 6) is 1.63. The smallest absolute Gasteiger partial charge is 0.151 e. The highest BCUT2D eigenvalue weighted by atomic mass is 16.5. The number of allylic oxidation sites excluding steroid dienone is 4. The van der Waals surface area contributed by atoms with Crippen molar-refractivity contribution in [2.24, 2.45) is 0 Å². The molecule has 9 rings (SSSR count). The van der Waals surface area contributed by atoms with Gasteiger partial charge in [-0.1, -0.05) is 80.6 Å². The topological polar surface area (TPSA) is 43.2 Å². The summed E-state index contributed by atoms with van der Waals surface area (Å²) in [4.78, 5) is 7.48. The lowest BCUT2D eigenvalue weighted by Gasteiger charge is -2.50. The number of aryl methyl sites for hydroxylation is 2. The van der Waals surface area contributed by atoms with Crippen molar-refractivity contribution in [3.05, 3.63) is 179 Å². The quantitative estimate of drug-likeness (QED) is 0.192. The molecule has 3 aliphatic rings. The van der Waals surface area contributed by atoms with Crippen molar-refractivity contribution in [2.45, 2.75) is 51.4 Å². The Morgan fingerprint density at radius 2 is 1.41 bits per heavy atom. The zero-order valence-corrected chi connectivity index (χ0v) is 28.3. The van der Waals surface area contributed by atoms with Crippen LogP contribution in [0, 0.1) is 13.8 Å². The fraction of sp³-hybridized carbons (Fsp3) is 0.182. The van der Waals surface area contributed by atoms with Crippen molar-refractivity contribution in [3.63, 3.8) is 0 Å². The van der Waals surface area contributed by atoms with E-state index in [0.29, 0.717) is 0 Å². The Bertz CT molecular complexity index is 2330. The molecule has 0 radical (unpaired) electrons. The summed E-state index contributed by atoms with van der Waals surface area (Å²) in [5.41, 5.74) is 12.9. The second kappa shape index (κ2) is 10.9. The molecule has 1 atom stereocenters. The molecule has 4 aromatic carbocycles. The van der Waals surface area contributed by atoms with Crippen molar-refractivity contribution in [3.8, 4) is 17.2 Å². The molecule has 0 saturated carbocycles. The molecule has 0 N–H and O–H groups in total. The monoisotopic (exact) mass is 638 g/mol. The Labute approximate surface area is 287 Å². The van der Waals surface area contributed by atoms with Crippen molar-refractivity contribution in [1.29, 1.82) is 0 Å². The molecule has 3 heterocycles. The van der Waals surface area contributed by atoms with Gasteiger partial charge in [0.05, 0.1) is 33.9 Å². The number of aromatic nitrogens is 3. The van der Waals surface area contributed by atoms with Crippen LogP contribution in [0.1, 0.15) is 60.5 Å². The van der Waals surface area contributed by atoms with Gasteiger partial charge < -0.3 is 9.64 Å². The number of nitrogens with zero attached hydrogens (tertiary/aromatic N) is 4. The lowest BCUT2D eigenvalue weighted by atomic mass is 9.52. The van der Waals surface area contributed by atoms with Crippen LogP contribution in [0.25, 0.3) is 5.69 Å². The molecule has 5 nitrogen and oxygen atoms in total. The molecule has 6 aromatic rings. The minimum Gasteiger partial charge on any atom is -0.453 e. The van der Waals surface area contributed by atoms with Crippen LogP contribution >= 0.6 is 0 Å². The zero-order valence-electron chi connectivity index (χ0n) is 28.3. The van der Waals surface area contributed by atoms with Gasteiger partial charge in [-0.05, 0) is 115 Å². The van der Waals surface area contributed by atoms with E-state index in [0.717, 1.165) is 64.2 Å². The van der Waals surface area contributed by atoms with E-state index in [2.05, 4.69) is 135 Å². The molecule has 2 aromatic heterocycles. The van der Waals surface area contributed by atoms with E-state index < -0.39 is 5.41 Å². The van der Waals surface area contributed by atoms with Crippen LogP contribution < -0.4 is 9.64 Å². The average Bonchev–Trinajstić information content (AvgIpc) is 3.48. The van der Waals surface area contributed by atoms with Crippen LogP contribution in [0.5, 0.6) is 11.5 Å². The third-order valence-electron chi connectivity index (χ3n) is 10.6. The third kappa shape index (κ3) is 4.31. The Kier molecular flexibility index (Phi) is 6.57. The largest absolute Gasteiger partial charge is 0.453 e. The molecule has 2 aliphatic carbocycles. The number of fused-ring (bicyclic) bond motifs is 4. The predicted molar refractivity (Wildman–Crippen MR) is 197 cm³/mol. The van der Waals surface area contributed by atoms with Crippen LogP contribution in [0.2, 0.25) is 0 Å². The molecular formula is C44H38N4O. The summed E-state index contributed by atoms with van der Waals surface area (Å²) < 4.78 is 8.54. The Morgan fingerprint density at radius 3 is 2.20 bits per heavy atom. The van der Waals surface area contributed by atoms with Crippen molar-refractivity contribution < 1.29 is 4.74 Å². The highest BCUT2D eigenvalue weighted by Gasteiger charge is 2.52. The summed E-state index contributed by atoms with van der Waals surface area (Å²) in [6.07, 6.45) is 8.94. The number of para-hydroxylation sites is 2. The zero-order chi connectivity index (χ0) is 33.3. The summed E-state index contributed by atoms with van der Waals surface area (Å²) in [7, 11) is 0. The van der Waals surface area contributed by atoms with Crippen LogP contribution in [0.15, 0.2) is 145 Å². The van der Waals surface area contributed by atoms with E-state index in [9.17, 15) is 0 Å². The second-order valence-corrected chi connectivity index (χ2v) is 13.9. The first-order valence-electron chi connectivity index (χ1n) is 17.2. The standard InChI is InChI=1S/C44H38N4O/c1-29-26-30(2)48(46-29)33-23-24-41-39(28-33)47(38-20-9-10-21-40(38)49-41)32-15-13-14-31(27-32)44(42-22-11-12-25-45-42)36-18-7-5-16-34(36)43(3,4)35-17-6-8-19-37(35)44/h5,7,9-28H,6,8H2,1-4H3. The molecule has 0 saturated heterocycles. The van der Waals surface area contributed by atoms with Crippen molar-refractivity contribution >= 4 is 17.1 Å². The average molecular weight is 639 g/mol. The maximum atomic E-state index is 6.53. The van der Waals surface area contributed by atoms with Crippen molar-refractivity contribution in [1.82, 2.24) is 14.8 Å². The number of benzene rings is 4.